The molecule has 0 aromatic heterocycles. The Bertz CT molecular complexity index is 543. The summed E-state index contributed by atoms with van der Waals surface area (Å²) in [6.45, 7) is 4.50. The van der Waals surface area contributed by atoms with Crippen LogP contribution in [-0.2, 0) is 52.4 Å². The molecule has 0 bridgehead atoms. The number of hydrogen-bond acceptors (Lipinski definition) is 0. The minimum atomic E-state index is 0. The van der Waals surface area contributed by atoms with Crippen molar-refractivity contribution in [3.8, 4) is 0 Å². The van der Waals surface area contributed by atoms with Crippen LogP contribution >= 0.6 is 40.7 Å². The summed E-state index contributed by atoms with van der Waals surface area (Å²) in [5.41, 5.74) is 0. The molecule has 0 amide bonds. The average Bonchev–Trinajstić information content (AvgIpc) is 3.24. The van der Waals surface area contributed by atoms with Gasteiger partial charge in [-0.15, -0.1) is 24.8 Å². The minimum absolute atomic E-state index is 0. The topological polar surface area (TPSA) is 0 Å². The molecule has 2 heterocycles. The molecule has 6 heteroatoms. The Kier molecular flexibility index (Phi) is 17.8. The maximum Gasteiger partial charge on any atom is 0 e. The number of allylic oxidation sites excluding steroid dienone is 10. The van der Waals surface area contributed by atoms with Crippen LogP contribution in [0.25, 0.3) is 0 Å². The van der Waals surface area contributed by atoms with Crippen molar-refractivity contribution in [3.63, 3.8) is 0 Å². The third-order valence-electron chi connectivity index (χ3n) is 4.19. The van der Waals surface area contributed by atoms with Crippen molar-refractivity contribution in [3.05, 3.63) is 70.9 Å². The summed E-state index contributed by atoms with van der Waals surface area (Å²) in [7, 11) is 0.0149. The molecule has 2 aliphatic heterocycles. The summed E-state index contributed by atoms with van der Waals surface area (Å²) in [4.78, 5) is 0. The van der Waals surface area contributed by atoms with Crippen LogP contribution in [0.3, 0.4) is 0 Å². The fraction of sp³-hybridized carbons (Fsp3) is 0.400. The Hall–Kier alpha value is 1.65. The van der Waals surface area contributed by atoms with Crippen LogP contribution in [0.5, 0.6) is 0 Å². The Morgan fingerprint density at radius 1 is 0.769 bits per heavy atom. The fourth-order valence-corrected chi connectivity index (χ4v) is 7.33. The Balaban J connectivity index is 0. The second kappa shape index (κ2) is 15.5. The van der Waals surface area contributed by atoms with E-state index in [-0.39, 0.29) is 93.1 Å². The summed E-state index contributed by atoms with van der Waals surface area (Å²) in [5.74, 6) is 8.22. The molecule has 4 atom stereocenters. The van der Waals surface area contributed by atoms with Crippen molar-refractivity contribution in [1.29, 1.82) is 0 Å². The quantitative estimate of drug-likeness (QED) is 0.240. The van der Waals surface area contributed by atoms with Gasteiger partial charge in [0, 0.05) is 52.4 Å². The van der Waals surface area contributed by atoms with E-state index in [1.54, 1.807) is 10.6 Å². The molecule has 0 radical (unpaired) electrons. The summed E-state index contributed by atoms with van der Waals surface area (Å²) in [5, 5.41) is 3.25. The normalized spacial score (nSPS) is 27.6. The summed E-state index contributed by atoms with van der Waals surface area (Å²) < 4.78 is 0. The molecule has 0 nitrogen and oxygen atoms in total. The molecular weight excluding hydrogens is 556 g/mol. The third-order valence-corrected chi connectivity index (χ3v) is 9.04. The summed E-state index contributed by atoms with van der Waals surface area (Å²) in [6.07, 6.45) is 23.2. The molecule has 140 valence electrons. The first-order chi connectivity index (χ1) is 10.8. The molecular formula is C20H26Cl2P2Zr2-2. The molecule has 0 saturated heterocycles. The molecule has 4 rings (SSSR count). The van der Waals surface area contributed by atoms with Crippen molar-refractivity contribution in [1.82, 2.24) is 0 Å². The molecule has 0 fully saturated rings. The maximum absolute atomic E-state index is 3.48. The summed E-state index contributed by atoms with van der Waals surface area (Å²) >= 11 is 0. The molecule has 26 heavy (non-hydrogen) atoms. The maximum atomic E-state index is 3.48. The summed E-state index contributed by atoms with van der Waals surface area (Å²) in [6, 6.07) is 0. The van der Waals surface area contributed by atoms with Crippen LogP contribution in [0.1, 0.15) is 26.7 Å². The molecule has 0 N–H and O–H groups in total. The van der Waals surface area contributed by atoms with Crippen molar-refractivity contribution >= 4 is 40.7 Å². The van der Waals surface area contributed by atoms with Gasteiger partial charge >= 0.3 is 0 Å². The second-order valence-corrected chi connectivity index (χ2v) is 10.1. The largest absolute Gasteiger partial charge is 0.465 e. The van der Waals surface area contributed by atoms with Gasteiger partial charge in [-0.3, -0.25) is 12.2 Å². The molecule has 4 unspecified atom stereocenters. The predicted molar refractivity (Wildman–Crippen MR) is 116 cm³/mol. The molecule has 2 aliphatic carbocycles. The molecule has 0 aromatic carbocycles. The van der Waals surface area contributed by atoms with E-state index in [1.165, 1.54) is 25.2 Å². The Morgan fingerprint density at radius 2 is 1.15 bits per heavy atom. The zero-order valence-electron chi connectivity index (χ0n) is 15.3. The fourth-order valence-electron chi connectivity index (χ4n) is 3.11. The van der Waals surface area contributed by atoms with Gasteiger partial charge in [-0.25, -0.2) is 15.8 Å². The predicted octanol–water partition coefficient (Wildman–Crippen LogP) is 7.40. The third kappa shape index (κ3) is 7.48. The van der Waals surface area contributed by atoms with Crippen LogP contribution in [0, 0.1) is 23.5 Å². The first-order valence-electron chi connectivity index (χ1n) is 8.34. The van der Waals surface area contributed by atoms with E-state index in [1.807, 2.05) is 0 Å². The monoisotopic (exact) mass is 578 g/mol. The molecule has 4 aliphatic rings. The van der Waals surface area contributed by atoms with Crippen molar-refractivity contribution < 1.29 is 52.4 Å². The molecule has 0 saturated carbocycles. The second-order valence-electron chi connectivity index (χ2n) is 5.90. The Morgan fingerprint density at radius 3 is 1.50 bits per heavy atom. The average molecular weight is 582 g/mol. The number of halogens is 2. The number of fused-ring (bicyclic) bond motifs is 2. The van der Waals surface area contributed by atoms with Crippen molar-refractivity contribution in [2.24, 2.45) is 11.8 Å². The standard InChI is InChI=1S/2C10H12P.2ClH.2Zr/c2*1-2-7-11-8-6-9-4-3-5-10(9)11;;;;/h2*3-6,9H,2,7H2,1H3;2*1H;;/q2*-1;;;;. The van der Waals surface area contributed by atoms with Crippen LogP contribution in [0.4, 0.5) is 0 Å². The number of rotatable bonds is 4. The van der Waals surface area contributed by atoms with Crippen LogP contribution < -0.4 is 0 Å². The van der Waals surface area contributed by atoms with Gasteiger partial charge in [-0.2, -0.15) is 0 Å². The zero-order valence-corrected chi connectivity index (χ0v) is 23.7. The van der Waals surface area contributed by atoms with Gasteiger partial charge in [0.15, 0.2) is 0 Å². The SMILES string of the molecule is CCCP1[C-]=CC2C=CC=C21.CCCP1[C-]=CC2C=CC=C21.Cl.Cl.[Zr].[Zr]. The van der Waals surface area contributed by atoms with E-state index in [2.05, 4.69) is 74.1 Å². The molecule has 0 aromatic rings. The van der Waals surface area contributed by atoms with Crippen molar-refractivity contribution in [2.75, 3.05) is 12.3 Å². The van der Waals surface area contributed by atoms with Gasteiger partial charge in [0.1, 0.15) is 0 Å². The first kappa shape index (κ1) is 29.8. The first-order valence-corrected chi connectivity index (χ1v) is 11.4. The van der Waals surface area contributed by atoms with Crippen LogP contribution in [0.15, 0.2) is 59.2 Å². The van der Waals surface area contributed by atoms with E-state index in [4.69, 9.17) is 0 Å². The van der Waals surface area contributed by atoms with E-state index in [9.17, 15) is 0 Å². The van der Waals surface area contributed by atoms with E-state index < -0.39 is 0 Å². The number of hydrogen-bond donors (Lipinski definition) is 0. The van der Waals surface area contributed by atoms with Gasteiger partial charge in [0.2, 0.25) is 0 Å². The van der Waals surface area contributed by atoms with Gasteiger partial charge < -0.3 is 11.6 Å². The van der Waals surface area contributed by atoms with E-state index in [0.717, 1.165) is 0 Å². The molecule has 0 spiro atoms. The Labute approximate surface area is 212 Å². The van der Waals surface area contributed by atoms with Crippen LogP contribution in [0.2, 0.25) is 0 Å². The van der Waals surface area contributed by atoms with Crippen molar-refractivity contribution in [2.45, 2.75) is 26.7 Å². The van der Waals surface area contributed by atoms with E-state index in [0.29, 0.717) is 11.8 Å². The minimum Gasteiger partial charge on any atom is -0.465 e. The van der Waals surface area contributed by atoms with Gasteiger partial charge in [-0.1, -0.05) is 86.1 Å². The van der Waals surface area contributed by atoms with Crippen LogP contribution in [-0.4, -0.2) is 12.3 Å². The van der Waals surface area contributed by atoms with Gasteiger partial charge in [0.05, 0.1) is 0 Å². The van der Waals surface area contributed by atoms with E-state index >= 15 is 0 Å². The zero-order chi connectivity index (χ0) is 15.4. The van der Waals surface area contributed by atoms with Gasteiger partial charge in [-0.05, 0) is 11.8 Å². The van der Waals surface area contributed by atoms with Gasteiger partial charge in [0.25, 0.3) is 0 Å². The smallest absolute Gasteiger partial charge is 0 e.